The van der Waals surface area contributed by atoms with Crippen molar-refractivity contribution in [1.82, 2.24) is 5.32 Å². The topological polar surface area (TPSA) is 12.0 Å². The van der Waals surface area contributed by atoms with Gasteiger partial charge in [0.25, 0.3) is 0 Å². The number of halogens is 2. The summed E-state index contributed by atoms with van der Waals surface area (Å²) in [6.45, 7) is 7.46. The summed E-state index contributed by atoms with van der Waals surface area (Å²) in [4.78, 5) is 0. The fraction of sp³-hybridized carbons (Fsp3) is 0.600. The average molecular weight is 348 g/mol. The number of hydrogen-bond donors (Lipinski definition) is 1. The van der Waals surface area contributed by atoms with Crippen LogP contribution >= 0.6 is 27.7 Å². The van der Waals surface area contributed by atoms with E-state index in [4.69, 9.17) is 0 Å². The summed E-state index contributed by atoms with van der Waals surface area (Å²) in [6, 6.07) is 5.65. The molecular formula is C15H23BrFNS. The van der Waals surface area contributed by atoms with Gasteiger partial charge in [0.2, 0.25) is 0 Å². The van der Waals surface area contributed by atoms with Crippen molar-refractivity contribution in [2.75, 3.05) is 12.3 Å². The lowest BCUT2D eigenvalue weighted by molar-refractivity contribution is 0.544. The van der Waals surface area contributed by atoms with Crippen LogP contribution in [0.25, 0.3) is 0 Å². The zero-order chi connectivity index (χ0) is 14.3. The standard InChI is InChI=1S/C15H23BrFNS/c1-4-11(3)19-10-14(18-5-2)8-12-6-7-13(16)9-15(12)17/h6-7,9,11,14,18H,4-5,8,10H2,1-3H3. The molecule has 1 nitrogen and oxygen atoms in total. The fourth-order valence-corrected chi connectivity index (χ4v) is 3.20. The maximum absolute atomic E-state index is 13.9. The number of benzene rings is 1. The normalized spacial score (nSPS) is 14.4. The molecule has 4 heteroatoms. The molecule has 0 aliphatic heterocycles. The van der Waals surface area contributed by atoms with Crippen LogP contribution in [-0.2, 0) is 6.42 Å². The van der Waals surface area contributed by atoms with E-state index in [1.165, 1.54) is 6.42 Å². The molecule has 0 amide bonds. The van der Waals surface area contributed by atoms with Crippen molar-refractivity contribution in [3.63, 3.8) is 0 Å². The highest BCUT2D eigenvalue weighted by Crippen LogP contribution is 2.20. The summed E-state index contributed by atoms with van der Waals surface area (Å²) in [5.74, 6) is 0.907. The van der Waals surface area contributed by atoms with Gasteiger partial charge in [-0.15, -0.1) is 0 Å². The SMILES string of the molecule is CCNC(CSC(C)CC)Cc1ccc(Br)cc1F. The molecule has 0 spiro atoms. The summed E-state index contributed by atoms with van der Waals surface area (Å²) >= 11 is 5.25. The van der Waals surface area contributed by atoms with Crippen molar-refractivity contribution in [2.45, 2.75) is 44.9 Å². The predicted molar refractivity (Wildman–Crippen MR) is 87.5 cm³/mol. The molecule has 0 fully saturated rings. The van der Waals surface area contributed by atoms with Gasteiger partial charge in [-0.3, -0.25) is 0 Å². The van der Waals surface area contributed by atoms with Crippen LogP contribution in [-0.4, -0.2) is 23.6 Å². The van der Waals surface area contributed by atoms with Crippen LogP contribution in [0.15, 0.2) is 22.7 Å². The second-order valence-corrected chi connectivity index (χ2v) is 7.13. The minimum Gasteiger partial charge on any atom is -0.313 e. The monoisotopic (exact) mass is 347 g/mol. The predicted octanol–water partition coefficient (Wildman–Crippen LogP) is 4.64. The molecule has 2 unspecified atom stereocenters. The van der Waals surface area contributed by atoms with Gasteiger partial charge in [0.05, 0.1) is 0 Å². The van der Waals surface area contributed by atoms with Crippen LogP contribution in [0, 0.1) is 5.82 Å². The van der Waals surface area contributed by atoms with E-state index in [-0.39, 0.29) is 5.82 Å². The van der Waals surface area contributed by atoms with Crippen molar-refractivity contribution in [1.29, 1.82) is 0 Å². The Morgan fingerprint density at radius 1 is 1.37 bits per heavy atom. The van der Waals surface area contributed by atoms with E-state index in [1.54, 1.807) is 6.07 Å². The fourth-order valence-electron chi connectivity index (χ4n) is 1.83. The first-order valence-corrected chi connectivity index (χ1v) is 8.69. The molecule has 2 atom stereocenters. The molecule has 0 radical (unpaired) electrons. The Bertz CT molecular complexity index is 386. The van der Waals surface area contributed by atoms with Crippen LogP contribution in [0.4, 0.5) is 4.39 Å². The molecule has 0 aromatic heterocycles. The third-order valence-electron chi connectivity index (χ3n) is 3.13. The summed E-state index contributed by atoms with van der Waals surface area (Å²) < 4.78 is 14.6. The number of hydrogen-bond acceptors (Lipinski definition) is 2. The molecule has 1 N–H and O–H groups in total. The molecule has 108 valence electrons. The van der Waals surface area contributed by atoms with Crippen LogP contribution in [0.1, 0.15) is 32.8 Å². The van der Waals surface area contributed by atoms with Crippen molar-refractivity contribution in [3.05, 3.63) is 34.1 Å². The molecule has 1 rings (SSSR count). The highest BCUT2D eigenvalue weighted by molar-refractivity contribution is 9.10. The first-order valence-electron chi connectivity index (χ1n) is 6.85. The molecule has 0 heterocycles. The second kappa shape index (κ2) is 8.98. The highest BCUT2D eigenvalue weighted by atomic mass is 79.9. The van der Waals surface area contributed by atoms with Gasteiger partial charge in [0.15, 0.2) is 0 Å². The first-order chi connectivity index (χ1) is 9.06. The van der Waals surface area contributed by atoms with Crippen LogP contribution in [0.2, 0.25) is 0 Å². The number of rotatable bonds is 8. The molecular weight excluding hydrogens is 325 g/mol. The zero-order valence-electron chi connectivity index (χ0n) is 11.9. The summed E-state index contributed by atoms with van der Waals surface area (Å²) in [7, 11) is 0. The Balaban J connectivity index is 2.61. The van der Waals surface area contributed by atoms with Crippen molar-refractivity contribution < 1.29 is 4.39 Å². The van der Waals surface area contributed by atoms with Gasteiger partial charge in [0, 0.05) is 21.5 Å². The smallest absolute Gasteiger partial charge is 0.127 e. The molecule has 0 bridgehead atoms. The second-order valence-electron chi connectivity index (χ2n) is 4.75. The lowest BCUT2D eigenvalue weighted by Gasteiger charge is -2.20. The first kappa shape index (κ1) is 17.0. The van der Waals surface area contributed by atoms with Gasteiger partial charge in [-0.25, -0.2) is 4.39 Å². The maximum Gasteiger partial charge on any atom is 0.127 e. The van der Waals surface area contributed by atoms with Crippen molar-refractivity contribution in [3.8, 4) is 0 Å². The Kier molecular flexibility index (Phi) is 8.03. The highest BCUT2D eigenvalue weighted by Gasteiger charge is 2.13. The van der Waals surface area contributed by atoms with E-state index in [2.05, 4.69) is 42.0 Å². The molecule has 0 aliphatic carbocycles. The van der Waals surface area contributed by atoms with E-state index < -0.39 is 0 Å². The van der Waals surface area contributed by atoms with E-state index in [0.29, 0.717) is 11.3 Å². The van der Waals surface area contributed by atoms with Crippen LogP contribution in [0.3, 0.4) is 0 Å². The molecule has 19 heavy (non-hydrogen) atoms. The third-order valence-corrected chi connectivity index (χ3v) is 5.12. The molecule has 0 saturated carbocycles. The van der Waals surface area contributed by atoms with Gasteiger partial charge in [-0.2, -0.15) is 11.8 Å². The van der Waals surface area contributed by atoms with Crippen LogP contribution in [0.5, 0.6) is 0 Å². The quantitative estimate of drug-likeness (QED) is 0.734. The van der Waals surface area contributed by atoms with E-state index in [0.717, 1.165) is 28.8 Å². The van der Waals surface area contributed by atoms with Gasteiger partial charge in [-0.05, 0) is 37.1 Å². The largest absolute Gasteiger partial charge is 0.313 e. The summed E-state index contributed by atoms with van der Waals surface area (Å²) in [5, 5.41) is 4.12. The van der Waals surface area contributed by atoms with E-state index in [1.807, 2.05) is 23.9 Å². The maximum atomic E-state index is 13.9. The van der Waals surface area contributed by atoms with Gasteiger partial charge >= 0.3 is 0 Å². The van der Waals surface area contributed by atoms with Gasteiger partial charge < -0.3 is 5.32 Å². The molecule has 0 saturated heterocycles. The van der Waals surface area contributed by atoms with Gasteiger partial charge in [-0.1, -0.05) is 42.8 Å². The Labute approximate surface area is 128 Å². The summed E-state index contributed by atoms with van der Waals surface area (Å²) in [6.07, 6.45) is 1.92. The minimum atomic E-state index is -0.120. The van der Waals surface area contributed by atoms with Gasteiger partial charge in [0.1, 0.15) is 5.82 Å². The average Bonchev–Trinajstić information content (AvgIpc) is 2.38. The van der Waals surface area contributed by atoms with Crippen molar-refractivity contribution in [2.24, 2.45) is 0 Å². The number of likely N-dealkylation sites (N-methyl/N-ethyl adjacent to an activating group) is 1. The van der Waals surface area contributed by atoms with Crippen LogP contribution < -0.4 is 5.32 Å². The summed E-state index contributed by atoms with van der Waals surface area (Å²) in [5.41, 5.74) is 0.791. The lowest BCUT2D eigenvalue weighted by Crippen LogP contribution is -2.34. The number of thioether (sulfide) groups is 1. The molecule has 0 aliphatic rings. The minimum absolute atomic E-state index is 0.120. The lowest BCUT2D eigenvalue weighted by atomic mass is 10.1. The zero-order valence-corrected chi connectivity index (χ0v) is 14.3. The number of nitrogens with one attached hydrogen (secondary N) is 1. The molecule has 1 aromatic rings. The Morgan fingerprint density at radius 3 is 2.68 bits per heavy atom. The Hall–Kier alpha value is -0.0600. The van der Waals surface area contributed by atoms with E-state index >= 15 is 0 Å². The van der Waals surface area contributed by atoms with Crippen molar-refractivity contribution >= 4 is 27.7 Å². The Morgan fingerprint density at radius 2 is 2.11 bits per heavy atom. The molecule has 1 aromatic carbocycles. The van der Waals surface area contributed by atoms with E-state index in [9.17, 15) is 4.39 Å². The third kappa shape index (κ3) is 6.28.